The monoisotopic (exact) mass is 422 g/mol. The minimum atomic E-state index is -0.107. The van der Waals surface area contributed by atoms with E-state index in [0.717, 1.165) is 37.9 Å². The Balaban J connectivity index is 1.31. The minimum absolute atomic E-state index is 0.0350. The lowest BCUT2D eigenvalue weighted by molar-refractivity contribution is -0.128. The number of nitrogens with one attached hydrogen (secondary N) is 1. The second kappa shape index (κ2) is 10.5. The molecule has 0 spiro atoms. The summed E-state index contributed by atoms with van der Waals surface area (Å²) in [5, 5.41) is 3.09. The summed E-state index contributed by atoms with van der Waals surface area (Å²) in [4.78, 5) is 33.6. The molecule has 3 heterocycles. The molecule has 2 fully saturated rings. The Bertz CT molecular complexity index is 866. The number of hydrogen-bond acceptors (Lipinski definition) is 5. The molecule has 31 heavy (non-hydrogen) atoms. The van der Waals surface area contributed by atoms with Crippen LogP contribution in [0.1, 0.15) is 40.7 Å². The number of rotatable bonds is 6. The summed E-state index contributed by atoms with van der Waals surface area (Å²) in [6.45, 7) is 4.61. The molecule has 2 aliphatic heterocycles. The molecule has 0 bridgehead atoms. The number of pyridine rings is 1. The molecule has 7 nitrogen and oxygen atoms in total. The van der Waals surface area contributed by atoms with Crippen LogP contribution in [0.4, 0.5) is 0 Å². The zero-order valence-corrected chi connectivity index (χ0v) is 17.8. The van der Waals surface area contributed by atoms with Crippen molar-refractivity contribution >= 4 is 11.8 Å². The van der Waals surface area contributed by atoms with Crippen molar-refractivity contribution in [2.24, 2.45) is 0 Å². The van der Waals surface area contributed by atoms with Crippen LogP contribution >= 0.6 is 0 Å². The zero-order valence-electron chi connectivity index (χ0n) is 17.8. The van der Waals surface area contributed by atoms with Gasteiger partial charge in [0.1, 0.15) is 0 Å². The molecule has 0 aliphatic carbocycles. The Kier molecular flexibility index (Phi) is 7.27. The van der Waals surface area contributed by atoms with Gasteiger partial charge < -0.3 is 15.0 Å². The average Bonchev–Trinajstić information content (AvgIpc) is 2.84. The molecular weight excluding hydrogens is 392 g/mol. The highest BCUT2D eigenvalue weighted by molar-refractivity contribution is 5.94. The standard InChI is InChI=1S/C24H30N4O3/c29-23(22-3-1-2-12-28(22)18-20-8-10-25-11-9-20)26-17-19-4-6-21(7-5-19)24(30)27-13-15-31-16-14-27/h4-11,22H,1-3,12-18H2,(H,26,29). The van der Waals surface area contributed by atoms with Crippen molar-refractivity contribution < 1.29 is 14.3 Å². The number of aromatic nitrogens is 1. The summed E-state index contributed by atoms with van der Waals surface area (Å²) < 4.78 is 5.31. The van der Waals surface area contributed by atoms with Crippen LogP contribution in [0.25, 0.3) is 0 Å². The van der Waals surface area contributed by atoms with E-state index in [9.17, 15) is 9.59 Å². The number of piperidine rings is 1. The van der Waals surface area contributed by atoms with Crippen LogP contribution in [-0.2, 0) is 22.6 Å². The van der Waals surface area contributed by atoms with Crippen molar-refractivity contribution in [3.05, 3.63) is 65.5 Å². The Morgan fingerprint density at radius 2 is 1.71 bits per heavy atom. The first-order valence-corrected chi connectivity index (χ1v) is 11.1. The quantitative estimate of drug-likeness (QED) is 0.773. The average molecular weight is 423 g/mol. The Morgan fingerprint density at radius 1 is 0.968 bits per heavy atom. The van der Waals surface area contributed by atoms with E-state index in [4.69, 9.17) is 4.74 Å². The van der Waals surface area contributed by atoms with Crippen LogP contribution < -0.4 is 5.32 Å². The molecule has 1 aromatic heterocycles. The largest absolute Gasteiger partial charge is 0.378 e. The molecule has 1 unspecified atom stereocenters. The van der Waals surface area contributed by atoms with Gasteiger partial charge in [-0.25, -0.2) is 0 Å². The smallest absolute Gasteiger partial charge is 0.254 e. The topological polar surface area (TPSA) is 74.8 Å². The van der Waals surface area contributed by atoms with Gasteiger partial charge >= 0.3 is 0 Å². The van der Waals surface area contributed by atoms with Gasteiger partial charge in [0.15, 0.2) is 0 Å². The van der Waals surface area contributed by atoms with Crippen molar-refractivity contribution in [3.8, 4) is 0 Å². The summed E-state index contributed by atoms with van der Waals surface area (Å²) >= 11 is 0. The van der Waals surface area contributed by atoms with Crippen LogP contribution in [-0.4, -0.2) is 65.5 Å². The van der Waals surface area contributed by atoms with Gasteiger partial charge in [0.2, 0.25) is 5.91 Å². The number of hydrogen-bond donors (Lipinski definition) is 1. The highest BCUT2D eigenvalue weighted by Gasteiger charge is 2.28. The normalized spacial score (nSPS) is 19.7. The van der Waals surface area contributed by atoms with Crippen LogP contribution in [0.15, 0.2) is 48.8 Å². The SMILES string of the molecule is O=C(NCc1ccc(C(=O)N2CCOCC2)cc1)C1CCCCN1Cc1ccncc1. The zero-order chi connectivity index (χ0) is 21.5. The lowest BCUT2D eigenvalue weighted by Gasteiger charge is -2.34. The van der Waals surface area contributed by atoms with Crippen LogP contribution in [0, 0.1) is 0 Å². The molecule has 1 aromatic carbocycles. The molecule has 2 aromatic rings. The Morgan fingerprint density at radius 3 is 2.45 bits per heavy atom. The highest BCUT2D eigenvalue weighted by Crippen LogP contribution is 2.20. The van der Waals surface area contributed by atoms with Crippen LogP contribution in [0.3, 0.4) is 0 Å². The maximum absolute atomic E-state index is 12.9. The van der Waals surface area contributed by atoms with Crippen molar-refractivity contribution in [3.63, 3.8) is 0 Å². The number of morpholine rings is 1. The van der Waals surface area contributed by atoms with Crippen molar-refractivity contribution in [2.75, 3.05) is 32.8 Å². The third kappa shape index (κ3) is 5.68. The molecule has 7 heteroatoms. The fourth-order valence-corrected chi connectivity index (χ4v) is 4.22. The third-order valence-corrected chi connectivity index (χ3v) is 6.02. The molecule has 2 amide bonds. The van der Waals surface area contributed by atoms with Crippen molar-refractivity contribution in [1.29, 1.82) is 0 Å². The molecule has 2 saturated heterocycles. The first-order chi connectivity index (χ1) is 15.2. The van der Waals surface area contributed by atoms with E-state index >= 15 is 0 Å². The van der Waals surface area contributed by atoms with E-state index in [1.807, 2.05) is 41.3 Å². The van der Waals surface area contributed by atoms with E-state index in [2.05, 4.69) is 15.2 Å². The molecule has 0 radical (unpaired) electrons. The van der Waals surface area contributed by atoms with Crippen molar-refractivity contribution in [1.82, 2.24) is 20.1 Å². The van der Waals surface area contributed by atoms with E-state index < -0.39 is 0 Å². The predicted molar refractivity (Wildman–Crippen MR) is 117 cm³/mol. The number of likely N-dealkylation sites (tertiary alicyclic amines) is 1. The van der Waals surface area contributed by atoms with E-state index in [1.54, 1.807) is 12.4 Å². The van der Waals surface area contributed by atoms with E-state index in [-0.39, 0.29) is 17.9 Å². The van der Waals surface area contributed by atoms with Gasteiger partial charge in [-0.1, -0.05) is 18.6 Å². The number of amides is 2. The number of benzene rings is 1. The van der Waals surface area contributed by atoms with E-state index in [0.29, 0.717) is 38.4 Å². The fraction of sp³-hybridized carbons (Fsp3) is 0.458. The van der Waals surface area contributed by atoms with Gasteiger partial charge in [0.25, 0.3) is 5.91 Å². The van der Waals surface area contributed by atoms with Crippen LogP contribution in [0.5, 0.6) is 0 Å². The summed E-state index contributed by atoms with van der Waals surface area (Å²) in [6.07, 6.45) is 6.66. The second-order valence-electron chi connectivity index (χ2n) is 8.16. The number of carbonyl (C=O) groups is 2. The lowest BCUT2D eigenvalue weighted by atomic mass is 10.0. The summed E-state index contributed by atoms with van der Waals surface area (Å²) in [7, 11) is 0. The Labute approximate surface area is 183 Å². The molecular formula is C24H30N4O3. The summed E-state index contributed by atoms with van der Waals surface area (Å²) in [5.74, 6) is 0.107. The molecule has 0 saturated carbocycles. The molecule has 2 aliphatic rings. The van der Waals surface area contributed by atoms with Crippen LogP contribution in [0.2, 0.25) is 0 Å². The molecule has 1 atom stereocenters. The van der Waals surface area contributed by atoms with Gasteiger partial charge in [-0.05, 0) is 54.8 Å². The molecule has 164 valence electrons. The first-order valence-electron chi connectivity index (χ1n) is 11.1. The summed E-state index contributed by atoms with van der Waals surface area (Å²) in [6, 6.07) is 11.4. The predicted octanol–water partition coefficient (Wildman–Crippen LogP) is 2.22. The maximum Gasteiger partial charge on any atom is 0.254 e. The summed E-state index contributed by atoms with van der Waals surface area (Å²) in [5.41, 5.74) is 2.84. The van der Waals surface area contributed by atoms with Gasteiger partial charge in [0, 0.05) is 44.1 Å². The number of ether oxygens (including phenoxy) is 1. The second-order valence-corrected chi connectivity index (χ2v) is 8.16. The van der Waals surface area contributed by atoms with Gasteiger partial charge in [-0.2, -0.15) is 0 Å². The minimum Gasteiger partial charge on any atom is -0.378 e. The first kappa shape index (κ1) is 21.5. The lowest BCUT2D eigenvalue weighted by Crippen LogP contribution is -2.48. The highest BCUT2D eigenvalue weighted by atomic mass is 16.5. The molecule has 1 N–H and O–H groups in total. The number of carbonyl (C=O) groups excluding carboxylic acids is 2. The maximum atomic E-state index is 12.9. The Hall–Kier alpha value is -2.77. The molecule has 4 rings (SSSR count). The van der Waals surface area contributed by atoms with E-state index in [1.165, 1.54) is 5.56 Å². The third-order valence-electron chi connectivity index (χ3n) is 6.02. The van der Waals surface area contributed by atoms with Crippen molar-refractivity contribution in [2.45, 2.75) is 38.4 Å². The van der Waals surface area contributed by atoms with Gasteiger partial charge in [-0.3, -0.25) is 19.5 Å². The number of nitrogens with zero attached hydrogens (tertiary/aromatic N) is 3. The van der Waals surface area contributed by atoms with Gasteiger partial charge in [-0.15, -0.1) is 0 Å². The fourth-order valence-electron chi connectivity index (χ4n) is 4.22. The van der Waals surface area contributed by atoms with Gasteiger partial charge in [0.05, 0.1) is 19.3 Å².